The van der Waals surface area contributed by atoms with Gasteiger partial charge in [0.25, 0.3) is 5.91 Å². The second-order valence-electron chi connectivity index (χ2n) is 7.00. The number of hydrogen-bond donors (Lipinski definition) is 1. The molecule has 0 unspecified atom stereocenters. The molecule has 0 saturated heterocycles. The van der Waals surface area contributed by atoms with Crippen molar-refractivity contribution in [3.8, 4) is 11.4 Å². The summed E-state index contributed by atoms with van der Waals surface area (Å²) in [5.74, 6) is -0.161. The number of nitrogens with zero attached hydrogens (tertiary/aromatic N) is 4. The summed E-state index contributed by atoms with van der Waals surface area (Å²) in [6.45, 7) is 0.490. The zero-order valence-electron chi connectivity index (χ0n) is 16.4. The molecule has 0 bridgehead atoms. The summed E-state index contributed by atoms with van der Waals surface area (Å²) < 4.78 is 7.73. The Hall–Kier alpha value is -3.75. The molecule has 9 nitrogen and oxygen atoms in total. The summed E-state index contributed by atoms with van der Waals surface area (Å²) >= 11 is 0. The van der Waals surface area contributed by atoms with E-state index in [0.717, 1.165) is 18.4 Å². The summed E-state index contributed by atoms with van der Waals surface area (Å²) in [4.78, 5) is 40.7. The zero-order chi connectivity index (χ0) is 21.1. The molecule has 1 aromatic carbocycles. The standard InChI is InChI=1S/C21H21N5O4/c1-30-20(28)15-6-4-14(5-7-15)19(27)23-11-12-25-21(29)26(17-8-9-17)18(24-25)16-3-2-10-22-13-16/h2-7,10,13,17H,8-9,11-12H2,1H3,(H,23,27). The molecule has 2 heterocycles. The topological polar surface area (TPSA) is 108 Å². The molecule has 1 fully saturated rings. The van der Waals surface area contributed by atoms with Crippen LogP contribution in [0.25, 0.3) is 11.4 Å². The highest BCUT2D eigenvalue weighted by molar-refractivity contribution is 5.96. The molecule has 4 rings (SSSR count). The van der Waals surface area contributed by atoms with Crippen LogP contribution in [0.1, 0.15) is 39.6 Å². The molecule has 0 aliphatic heterocycles. The number of nitrogens with one attached hydrogen (secondary N) is 1. The van der Waals surface area contributed by atoms with Gasteiger partial charge in [-0.1, -0.05) is 0 Å². The van der Waals surface area contributed by atoms with Gasteiger partial charge in [0.2, 0.25) is 0 Å². The van der Waals surface area contributed by atoms with Crippen LogP contribution in [-0.2, 0) is 11.3 Å². The fourth-order valence-corrected chi connectivity index (χ4v) is 3.17. The number of carbonyl (C=O) groups excluding carboxylic acids is 2. The number of methoxy groups -OCH3 is 1. The maximum Gasteiger partial charge on any atom is 0.346 e. The van der Waals surface area contributed by atoms with Crippen LogP contribution in [-0.4, -0.2) is 44.9 Å². The minimum absolute atomic E-state index is 0.171. The Labute approximate surface area is 172 Å². The number of benzene rings is 1. The van der Waals surface area contributed by atoms with E-state index in [9.17, 15) is 14.4 Å². The van der Waals surface area contributed by atoms with Crippen LogP contribution in [0.15, 0.2) is 53.6 Å². The number of ether oxygens (including phenoxy) is 1. The average Bonchev–Trinajstić information content (AvgIpc) is 3.57. The van der Waals surface area contributed by atoms with Gasteiger partial charge in [-0.05, 0) is 49.2 Å². The van der Waals surface area contributed by atoms with Crippen molar-refractivity contribution in [2.75, 3.05) is 13.7 Å². The number of pyridine rings is 1. The molecule has 1 saturated carbocycles. The first-order chi connectivity index (χ1) is 14.6. The first-order valence-corrected chi connectivity index (χ1v) is 9.65. The minimum atomic E-state index is -0.461. The van der Waals surface area contributed by atoms with E-state index in [4.69, 9.17) is 0 Å². The van der Waals surface area contributed by atoms with Gasteiger partial charge >= 0.3 is 11.7 Å². The molecule has 9 heteroatoms. The summed E-state index contributed by atoms with van der Waals surface area (Å²) in [5.41, 5.74) is 1.38. The molecule has 1 N–H and O–H groups in total. The van der Waals surface area contributed by atoms with E-state index in [1.165, 1.54) is 23.9 Å². The molecule has 3 aromatic rings. The molecular formula is C21H21N5O4. The van der Waals surface area contributed by atoms with E-state index >= 15 is 0 Å². The molecule has 2 aromatic heterocycles. The monoisotopic (exact) mass is 407 g/mol. The lowest BCUT2D eigenvalue weighted by Crippen LogP contribution is -2.32. The molecule has 0 radical (unpaired) electrons. The number of amides is 1. The van der Waals surface area contributed by atoms with Crippen molar-refractivity contribution < 1.29 is 14.3 Å². The highest BCUT2D eigenvalue weighted by atomic mass is 16.5. The highest BCUT2D eigenvalue weighted by Crippen LogP contribution is 2.36. The Morgan fingerprint density at radius 3 is 2.53 bits per heavy atom. The van der Waals surface area contributed by atoms with Gasteiger partial charge in [0.1, 0.15) is 0 Å². The summed E-state index contributed by atoms with van der Waals surface area (Å²) in [7, 11) is 1.30. The van der Waals surface area contributed by atoms with Crippen LogP contribution in [0, 0.1) is 0 Å². The number of hydrogen-bond acceptors (Lipinski definition) is 6. The quantitative estimate of drug-likeness (QED) is 0.597. The highest BCUT2D eigenvalue weighted by Gasteiger charge is 2.30. The van der Waals surface area contributed by atoms with Gasteiger partial charge in [-0.25, -0.2) is 14.3 Å². The fourth-order valence-electron chi connectivity index (χ4n) is 3.17. The third kappa shape index (κ3) is 4.00. The molecule has 1 aliphatic rings. The normalized spacial score (nSPS) is 13.1. The lowest BCUT2D eigenvalue weighted by atomic mass is 10.1. The summed E-state index contributed by atoms with van der Waals surface area (Å²) in [6.07, 6.45) is 5.27. The van der Waals surface area contributed by atoms with Crippen LogP contribution in [0.5, 0.6) is 0 Å². The molecular weight excluding hydrogens is 386 g/mol. The lowest BCUT2D eigenvalue weighted by molar-refractivity contribution is 0.0600. The number of rotatable bonds is 7. The predicted octanol–water partition coefficient (Wildman–Crippen LogP) is 1.66. The van der Waals surface area contributed by atoms with Crippen LogP contribution in [0.2, 0.25) is 0 Å². The van der Waals surface area contributed by atoms with E-state index in [2.05, 4.69) is 20.1 Å². The molecule has 154 valence electrons. The Kier molecular flexibility index (Phi) is 5.42. The number of carbonyl (C=O) groups is 2. The van der Waals surface area contributed by atoms with Crippen molar-refractivity contribution in [1.82, 2.24) is 24.6 Å². The van der Waals surface area contributed by atoms with Gasteiger partial charge in [-0.2, -0.15) is 0 Å². The average molecular weight is 407 g/mol. The van der Waals surface area contributed by atoms with E-state index in [1.54, 1.807) is 29.1 Å². The largest absolute Gasteiger partial charge is 0.465 e. The summed E-state index contributed by atoms with van der Waals surface area (Å²) in [6, 6.07) is 10.0. The van der Waals surface area contributed by atoms with Gasteiger partial charge in [0.15, 0.2) is 5.82 Å². The van der Waals surface area contributed by atoms with Crippen LogP contribution < -0.4 is 11.0 Å². The van der Waals surface area contributed by atoms with Crippen LogP contribution in [0.3, 0.4) is 0 Å². The van der Waals surface area contributed by atoms with Crippen molar-refractivity contribution in [3.05, 3.63) is 70.4 Å². The van der Waals surface area contributed by atoms with Crippen LogP contribution in [0.4, 0.5) is 0 Å². The predicted molar refractivity (Wildman–Crippen MR) is 108 cm³/mol. The van der Waals surface area contributed by atoms with Gasteiger partial charge in [0.05, 0.1) is 19.2 Å². The second kappa shape index (κ2) is 8.32. The molecule has 1 amide bonds. The third-order valence-electron chi connectivity index (χ3n) is 4.88. The molecule has 30 heavy (non-hydrogen) atoms. The Morgan fingerprint density at radius 1 is 1.17 bits per heavy atom. The Morgan fingerprint density at radius 2 is 1.90 bits per heavy atom. The lowest BCUT2D eigenvalue weighted by Gasteiger charge is -2.05. The van der Waals surface area contributed by atoms with Crippen LogP contribution >= 0.6 is 0 Å². The molecule has 0 spiro atoms. The van der Waals surface area contributed by atoms with Crippen molar-refractivity contribution in [1.29, 1.82) is 0 Å². The van der Waals surface area contributed by atoms with Gasteiger partial charge < -0.3 is 10.1 Å². The van der Waals surface area contributed by atoms with Crippen molar-refractivity contribution in [3.63, 3.8) is 0 Å². The Bertz CT molecular complexity index is 1110. The molecule has 1 aliphatic carbocycles. The van der Waals surface area contributed by atoms with E-state index in [-0.39, 0.29) is 30.7 Å². The van der Waals surface area contributed by atoms with Crippen molar-refractivity contribution >= 4 is 11.9 Å². The van der Waals surface area contributed by atoms with Gasteiger partial charge in [0, 0.05) is 36.1 Å². The summed E-state index contributed by atoms with van der Waals surface area (Å²) in [5, 5.41) is 7.25. The van der Waals surface area contributed by atoms with Gasteiger partial charge in [-0.15, -0.1) is 5.10 Å². The SMILES string of the molecule is COC(=O)c1ccc(C(=O)NCCn2nc(-c3cccnc3)n(C3CC3)c2=O)cc1. The number of esters is 1. The first kappa shape index (κ1) is 19.6. The van der Waals surface area contributed by atoms with Crippen molar-refractivity contribution in [2.45, 2.75) is 25.4 Å². The maximum atomic E-state index is 12.8. The van der Waals surface area contributed by atoms with E-state index in [0.29, 0.717) is 17.0 Å². The smallest absolute Gasteiger partial charge is 0.346 e. The van der Waals surface area contributed by atoms with E-state index < -0.39 is 5.97 Å². The second-order valence-corrected chi connectivity index (χ2v) is 7.00. The fraction of sp³-hybridized carbons (Fsp3) is 0.286. The van der Waals surface area contributed by atoms with Crippen molar-refractivity contribution in [2.24, 2.45) is 0 Å². The first-order valence-electron chi connectivity index (χ1n) is 9.65. The van der Waals surface area contributed by atoms with Gasteiger partial charge in [-0.3, -0.25) is 14.3 Å². The molecule has 0 atom stereocenters. The number of aromatic nitrogens is 4. The maximum absolute atomic E-state index is 12.8. The van der Waals surface area contributed by atoms with E-state index in [1.807, 2.05) is 12.1 Å². The Balaban J connectivity index is 1.43. The minimum Gasteiger partial charge on any atom is -0.465 e. The third-order valence-corrected chi connectivity index (χ3v) is 4.88. The zero-order valence-corrected chi connectivity index (χ0v) is 16.4.